The molecule has 1 aromatic carbocycles. The molecule has 6 heteroatoms. The number of anilines is 1. The quantitative estimate of drug-likeness (QED) is 0.751. The Labute approximate surface area is 134 Å². The number of rotatable bonds is 4. The first kappa shape index (κ1) is 16.8. The van der Waals surface area contributed by atoms with Gasteiger partial charge in [-0.05, 0) is 44.0 Å². The van der Waals surface area contributed by atoms with Crippen LogP contribution in [0.3, 0.4) is 0 Å². The van der Waals surface area contributed by atoms with Gasteiger partial charge < -0.3 is 20.2 Å². The first-order chi connectivity index (χ1) is 10.8. The van der Waals surface area contributed by atoms with Gasteiger partial charge in [0, 0.05) is 5.69 Å². The summed E-state index contributed by atoms with van der Waals surface area (Å²) in [6, 6.07) is 8.81. The molecule has 3 N–H and O–H groups in total. The van der Waals surface area contributed by atoms with Crippen molar-refractivity contribution in [2.75, 3.05) is 11.9 Å². The van der Waals surface area contributed by atoms with Crippen molar-refractivity contribution < 1.29 is 19.1 Å². The van der Waals surface area contributed by atoms with E-state index in [9.17, 15) is 14.7 Å². The van der Waals surface area contributed by atoms with Gasteiger partial charge in [0.25, 0.3) is 0 Å². The number of nitrogens with one attached hydrogen (secondary N) is 2. The number of para-hydroxylation sites is 1. The van der Waals surface area contributed by atoms with Gasteiger partial charge in [-0.3, -0.25) is 9.59 Å². The number of aliphatic hydroxyl groups is 1. The highest BCUT2D eigenvalue weighted by molar-refractivity contribution is 6.39. The van der Waals surface area contributed by atoms with Gasteiger partial charge in [-0.2, -0.15) is 0 Å². The summed E-state index contributed by atoms with van der Waals surface area (Å²) in [5.41, 5.74) is 0.964. The van der Waals surface area contributed by atoms with Gasteiger partial charge in [-0.25, -0.2) is 0 Å². The lowest BCUT2D eigenvalue weighted by atomic mass is 10.0. The number of furan rings is 1. The predicted octanol–water partition coefficient (Wildman–Crippen LogP) is 1.86. The smallest absolute Gasteiger partial charge is 0.313 e. The predicted molar refractivity (Wildman–Crippen MR) is 85.8 cm³/mol. The molecule has 2 aromatic rings. The molecule has 1 heterocycles. The molecule has 0 bridgehead atoms. The third-order valence-electron chi connectivity index (χ3n) is 3.57. The summed E-state index contributed by atoms with van der Waals surface area (Å²) in [5.74, 6) is -1.29. The molecule has 0 aliphatic rings. The topological polar surface area (TPSA) is 91.6 Å². The minimum absolute atomic E-state index is 0.139. The lowest BCUT2D eigenvalue weighted by Gasteiger charge is -2.21. The van der Waals surface area contributed by atoms with Gasteiger partial charge in [-0.1, -0.05) is 18.2 Å². The first-order valence-electron chi connectivity index (χ1n) is 7.23. The Hall–Kier alpha value is -2.60. The van der Waals surface area contributed by atoms with Gasteiger partial charge in [0.15, 0.2) is 0 Å². The number of benzene rings is 1. The van der Waals surface area contributed by atoms with E-state index in [1.54, 1.807) is 12.1 Å². The fraction of sp³-hybridized carbons (Fsp3) is 0.294. The molecular formula is C17H20N2O4. The van der Waals surface area contributed by atoms with Crippen molar-refractivity contribution in [3.8, 4) is 0 Å². The van der Waals surface area contributed by atoms with Crippen molar-refractivity contribution in [1.29, 1.82) is 0 Å². The number of carbonyl (C=O) groups excluding carboxylic acids is 2. The maximum atomic E-state index is 12.0. The van der Waals surface area contributed by atoms with E-state index in [0.29, 0.717) is 11.4 Å². The van der Waals surface area contributed by atoms with E-state index in [1.807, 2.05) is 32.0 Å². The lowest BCUT2D eigenvalue weighted by molar-refractivity contribution is -0.136. The number of hydrogen-bond donors (Lipinski definition) is 3. The van der Waals surface area contributed by atoms with Crippen LogP contribution in [0, 0.1) is 13.8 Å². The van der Waals surface area contributed by atoms with Crippen LogP contribution in [0.15, 0.2) is 41.0 Å². The molecule has 0 aliphatic carbocycles. The van der Waals surface area contributed by atoms with E-state index < -0.39 is 17.4 Å². The third-order valence-corrected chi connectivity index (χ3v) is 3.57. The van der Waals surface area contributed by atoms with Crippen LogP contribution in [-0.2, 0) is 15.2 Å². The molecule has 0 aliphatic heterocycles. The molecule has 122 valence electrons. The molecule has 2 rings (SSSR count). The van der Waals surface area contributed by atoms with E-state index in [4.69, 9.17) is 4.42 Å². The molecule has 0 fully saturated rings. The molecule has 0 spiro atoms. The summed E-state index contributed by atoms with van der Waals surface area (Å²) in [6.45, 7) is 5.06. The molecule has 1 unspecified atom stereocenters. The van der Waals surface area contributed by atoms with Crippen molar-refractivity contribution in [2.24, 2.45) is 0 Å². The van der Waals surface area contributed by atoms with Crippen LogP contribution in [0.1, 0.15) is 23.8 Å². The van der Waals surface area contributed by atoms with Crippen LogP contribution in [0.25, 0.3) is 0 Å². The Morgan fingerprint density at radius 2 is 1.78 bits per heavy atom. The molecular weight excluding hydrogens is 296 g/mol. The Morgan fingerprint density at radius 1 is 1.13 bits per heavy atom. The zero-order chi connectivity index (χ0) is 17.0. The molecule has 6 nitrogen and oxygen atoms in total. The normalized spacial score (nSPS) is 13.2. The van der Waals surface area contributed by atoms with Crippen molar-refractivity contribution in [2.45, 2.75) is 26.4 Å². The Balaban J connectivity index is 1.97. The van der Waals surface area contributed by atoms with E-state index in [1.165, 1.54) is 13.2 Å². The van der Waals surface area contributed by atoms with Gasteiger partial charge in [0.05, 0.1) is 12.8 Å². The number of amides is 2. The van der Waals surface area contributed by atoms with Crippen molar-refractivity contribution in [3.63, 3.8) is 0 Å². The monoisotopic (exact) mass is 316 g/mol. The maximum Gasteiger partial charge on any atom is 0.313 e. The van der Waals surface area contributed by atoms with Crippen molar-refractivity contribution >= 4 is 17.5 Å². The highest BCUT2D eigenvalue weighted by Crippen LogP contribution is 2.20. The number of aryl methyl sites for hydroxylation is 2. The Kier molecular flexibility index (Phi) is 4.86. The summed E-state index contributed by atoms with van der Waals surface area (Å²) < 4.78 is 5.12. The van der Waals surface area contributed by atoms with Crippen LogP contribution in [0.5, 0.6) is 0 Å². The standard InChI is InChI=1S/C17H20N2O4/c1-11-6-4-7-12(2)14(11)19-16(21)15(20)18-10-17(3,22)13-8-5-9-23-13/h4-9,22H,10H2,1-3H3,(H,18,20)(H,19,21). The van der Waals surface area contributed by atoms with Gasteiger partial charge in [0.2, 0.25) is 0 Å². The zero-order valence-corrected chi connectivity index (χ0v) is 13.3. The van der Waals surface area contributed by atoms with Gasteiger partial charge >= 0.3 is 11.8 Å². The summed E-state index contributed by atoms with van der Waals surface area (Å²) in [6.07, 6.45) is 1.43. The van der Waals surface area contributed by atoms with Crippen LogP contribution in [-0.4, -0.2) is 23.5 Å². The first-order valence-corrected chi connectivity index (χ1v) is 7.23. The van der Waals surface area contributed by atoms with Crippen molar-refractivity contribution in [1.82, 2.24) is 5.32 Å². The van der Waals surface area contributed by atoms with E-state index >= 15 is 0 Å². The molecule has 1 aromatic heterocycles. The minimum Gasteiger partial charge on any atom is -0.466 e. The summed E-state index contributed by atoms with van der Waals surface area (Å²) in [5, 5.41) is 15.2. The maximum absolute atomic E-state index is 12.0. The van der Waals surface area contributed by atoms with E-state index in [-0.39, 0.29) is 6.54 Å². The highest BCUT2D eigenvalue weighted by atomic mass is 16.4. The molecule has 0 radical (unpaired) electrons. The lowest BCUT2D eigenvalue weighted by Crippen LogP contribution is -2.43. The summed E-state index contributed by atoms with van der Waals surface area (Å²) >= 11 is 0. The SMILES string of the molecule is Cc1cccc(C)c1NC(=O)C(=O)NCC(C)(O)c1ccco1. The van der Waals surface area contributed by atoms with Crippen molar-refractivity contribution in [3.05, 3.63) is 53.5 Å². The molecule has 2 amide bonds. The second kappa shape index (κ2) is 6.66. The Morgan fingerprint density at radius 3 is 2.35 bits per heavy atom. The highest BCUT2D eigenvalue weighted by Gasteiger charge is 2.28. The van der Waals surface area contributed by atoms with Crippen LogP contribution in [0.2, 0.25) is 0 Å². The van der Waals surface area contributed by atoms with Gasteiger partial charge in [-0.15, -0.1) is 0 Å². The van der Waals surface area contributed by atoms with E-state index in [0.717, 1.165) is 11.1 Å². The number of hydrogen-bond acceptors (Lipinski definition) is 4. The van der Waals surface area contributed by atoms with E-state index in [2.05, 4.69) is 10.6 Å². The average Bonchev–Trinajstić information content (AvgIpc) is 3.03. The van der Waals surface area contributed by atoms with Gasteiger partial charge in [0.1, 0.15) is 11.4 Å². The third kappa shape index (κ3) is 3.98. The summed E-state index contributed by atoms with van der Waals surface area (Å²) in [7, 11) is 0. The second-order valence-corrected chi connectivity index (χ2v) is 5.65. The minimum atomic E-state index is -1.39. The molecule has 23 heavy (non-hydrogen) atoms. The van der Waals surface area contributed by atoms with Crippen LogP contribution >= 0.6 is 0 Å². The average molecular weight is 316 g/mol. The number of carbonyl (C=O) groups is 2. The fourth-order valence-corrected chi connectivity index (χ4v) is 2.19. The molecule has 1 atom stereocenters. The zero-order valence-electron chi connectivity index (χ0n) is 13.3. The summed E-state index contributed by atoms with van der Waals surface area (Å²) in [4.78, 5) is 23.9. The van der Waals surface area contributed by atoms with Crippen LogP contribution < -0.4 is 10.6 Å². The molecule has 0 saturated heterocycles. The Bertz CT molecular complexity index is 685. The largest absolute Gasteiger partial charge is 0.466 e. The molecule has 0 saturated carbocycles. The second-order valence-electron chi connectivity index (χ2n) is 5.65. The van der Waals surface area contributed by atoms with Crippen LogP contribution in [0.4, 0.5) is 5.69 Å². The fourth-order valence-electron chi connectivity index (χ4n) is 2.19.